The second-order valence-corrected chi connectivity index (χ2v) is 6.14. The number of nitrogens with zero attached hydrogens (tertiary/aromatic N) is 3. The largest absolute Gasteiger partial charge is 0.477 e. The van der Waals surface area contributed by atoms with E-state index in [1.54, 1.807) is 24.4 Å². The standard InChI is InChI=1S/C20H21FN6O2/c1-2-8-29-18-12-25-17(11-26-18)20(28)27-14-5-6-15(21)13(9-14)10-24-16-4-3-7-23-19(16)22/h3-7,9,11-12,24H,2,8,10H2,1H3,(H2,22,23)(H,27,28). The van der Waals surface area contributed by atoms with Crippen molar-refractivity contribution < 1.29 is 13.9 Å². The van der Waals surface area contributed by atoms with Crippen molar-refractivity contribution in [2.75, 3.05) is 23.0 Å². The number of pyridine rings is 1. The van der Waals surface area contributed by atoms with Gasteiger partial charge in [0.05, 0.1) is 24.7 Å². The Kier molecular flexibility index (Phi) is 6.51. The first-order valence-electron chi connectivity index (χ1n) is 9.05. The molecule has 29 heavy (non-hydrogen) atoms. The van der Waals surface area contributed by atoms with Crippen LogP contribution in [0.4, 0.5) is 21.6 Å². The van der Waals surface area contributed by atoms with Gasteiger partial charge in [0.15, 0.2) is 0 Å². The minimum Gasteiger partial charge on any atom is -0.477 e. The molecule has 2 aromatic heterocycles. The van der Waals surface area contributed by atoms with Gasteiger partial charge in [-0.25, -0.2) is 19.3 Å². The number of nitrogens with two attached hydrogens (primary N) is 1. The molecule has 3 aromatic rings. The molecule has 0 aliphatic rings. The maximum absolute atomic E-state index is 14.1. The zero-order valence-electron chi connectivity index (χ0n) is 15.9. The molecule has 0 aliphatic heterocycles. The third kappa shape index (κ3) is 5.38. The average Bonchev–Trinajstić information content (AvgIpc) is 2.74. The van der Waals surface area contributed by atoms with E-state index in [-0.39, 0.29) is 12.2 Å². The average molecular weight is 396 g/mol. The second kappa shape index (κ2) is 9.45. The van der Waals surface area contributed by atoms with Gasteiger partial charge in [-0.15, -0.1) is 0 Å². The Morgan fingerprint density at radius 2 is 2.07 bits per heavy atom. The summed E-state index contributed by atoms with van der Waals surface area (Å²) >= 11 is 0. The van der Waals surface area contributed by atoms with E-state index >= 15 is 0 Å². The van der Waals surface area contributed by atoms with Gasteiger partial charge in [0, 0.05) is 24.0 Å². The third-order valence-corrected chi connectivity index (χ3v) is 3.93. The molecule has 3 rings (SSSR count). The topological polar surface area (TPSA) is 115 Å². The van der Waals surface area contributed by atoms with Crippen LogP contribution in [0.5, 0.6) is 5.88 Å². The Bertz CT molecular complexity index is 981. The number of aromatic nitrogens is 3. The minimum absolute atomic E-state index is 0.126. The smallest absolute Gasteiger partial charge is 0.275 e. The van der Waals surface area contributed by atoms with Crippen LogP contribution in [0, 0.1) is 5.82 Å². The molecule has 0 fully saturated rings. The van der Waals surface area contributed by atoms with E-state index in [4.69, 9.17) is 10.5 Å². The summed E-state index contributed by atoms with van der Waals surface area (Å²) in [5.41, 5.74) is 7.29. The van der Waals surface area contributed by atoms with Crippen LogP contribution < -0.4 is 21.1 Å². The summed E-state index contributed by atoms with van der Waals surface area (Å²) in [6, 6.07) is 7.77. The van der Waals surface area contributed by atoms with Crippen molar-refractivity contribution in [2.24, 2.45) is 0 Å². The molecule has 2 heterocycles. The van der Waals surface area contributed by atoms with Crippen LogP contribution in [0.15, 0.2) is 48.9 Å². The molecule has 8 nitrogen and oxygen atoms in total. The number of anilines is 3. The highest BCUT2D eigenvalue weighted by molar-refractivity contribution is 6.02. The van der Waals surface area contributed by atoms with Crippen LogP contribution in [0.1, 0.15) is 29.4 Å². The molecular formula is C20H21FN6O2. The highest BCUT2D eigenvalue weighted by Crippen LogP contribution is 2.19. The molecule has 0 bridgehead atoms. The van der Waals surface area contributed by atoms with Gasteiger partial charge < -0.3 is 21.1 Å². The number of hydrogen-bond acceptors (Lipinski definition) is 7. The molecule has 0 saturated heterocycles. The van der Waals surface area contributed by atoms with Crippen molar-refractivity contribution >= 4 is 23.1 Å². The predicted octanol–water partition coefficient (Wildman–Crippen LogP) is 3.25. The lowest BCUT2D eigenvalue weighted by atomic mass is 10.1. The van der Waals surface area contributed by atoms with E-state index in [0.717, 1.165) is 6.42 Å². The van der Waals surface area contributed by atoms with Crippen LogP contribution in [-0.2, 0) is 6.54 Å². The number of halogens is 1. The lowest BCUT2D eigenvalue weighted by Crippen LogP contribution is -2.15. The molecule has 0 spiro atoms. The van der Waals surface area contributed by atoms with Gasteiger partial charge in [0.2, 0.25) is 5.88 Å². The lowest BCUT2D eigenvalue weighted by Gasteiger charge is -2.11. The van der Waals surface area contributed by atoms with Gasteiger partial charge in [-0.2, -0.15) is 0 Å². The molecule has 0 unspecified atom stereocenters. The van der Waals surface area contributed by atoms with E-state index in [0.29, 0.717) is 35.2 Å². The molecule has 0 saturated carbocycles. The number of amides is 1. The lowest BCUT2D eigenvalue weighted by molar-refractivity contribution is 0.102. The van der Waals surface area contributed by atoms with Crippen LogP contribution in [-0.4, -0.2) is 27.5 Å². The molecule has 0 atom stereocenters. The number of benzene rings is 1. The minimum atomic E-state index is -0.457. The van der Waals surface area contributed by atoms with Crippen LogP contribution in [0.25, 0.3) is 0 Å². The van der Waals surface area contributed by atoms with E-state index in [1.807, 2.05) is 6.92 Å². The Morgan fingerprint density at radius 3 is 2.79 bits per heavy atom. The van der Waals surface area contributed by atoms with E-state index in [9.17, 15) is 9.18 Å². The second-order valence-electron chi connectivity index (χ2n) is 6.14. The first kappa shape index (κ1) is 20.0. The van der Waals surface area contributed by atoms with Crippen LogP contribution in [0.3, 0.4) is 0 Å². The zero-order valence-corrected chi connectivity index (χ0v) is 15.9. The normalized spacial score (nSPS) is 10.4. The molecule has 0 radical (unpaired) electrons. The Hall–Kier alpha value is -3.75. The van der Waals surface area contributed by atoms with Crippen molar-refractivity contribution in [3.05, 3.63) is 66.0 Å². The van der Waals surface area contributed by atoms with Crippen molar-refractivity contribution in [3.63, 3.8) is 0 Å². The van der Waals surface area contributed by atoms with E-state index < -0.39 is 11.7 Å². The highest BCUT2D eigenvalue weighted by Gasteiger charge is 2.11. The van der Waals surface area contributed by atoms with Gasteiger partial charge in [-0.3, -0.25) is 4.79 Å². The molecule has 1 aromatic carbocycles. The summed E-state index contributed by atoms with van der Waals surface area (Å²) in [5.74, 6) is -0.188. The first-order valence-corrected chi connectivity index (χ1v) is 9.05. The summed E-state index contributed by atoms with van der Waals surface area (Å²) in [7, 11) is 0. The summed E-state index contributed by atoms with van der Waals surface area (Å²) in [4.78, 5) is 24.4. The van der Waals surface area contributed by atoms with Crippen molar-refractivity contribution in [2.45, 2.75) is 19.9 Å². The zero-order chi connectivity index (χ0) is 20.6. The molecule has 0 aliphatic carbocycles. The van der Waals surface area contributed by atoms with Gasteiger partial charge in [-0.1, -0.05) is 6.92 Å². The highest BCUT2D eigenvalue weighted by atomic mass is 19.1. The number of carbonyl (C=O) groups excluding carboxylic acids is 1. The monoisotopic (exact) mass is 396 g/mol. The van der Waals surface area contributed by atoms with Gasteiger partial charge >= 0.3 is 0 Å². The summed E-state index contributed by atoms with van der Waals surface area (Å²) in [6.07, 6.45) is 5.14. The Balaban J connectivity index is 1.66. The predicted molar refractivity (Wildman–Crippen MR) is 108 cm³/mol. The molecule has 1 amide bonds. The molecular weight excluding hydrogens is 375 g/mol. The number of carbonyl (C=O) groups is 1. The van der Waals surface area contributed by atoms with E-state index in [1.165, 1.54) is 24.5 Å². The quantitative estimate of drug-likeness (QED) is 0.535. The third-order valence-electron chi connectivity index (χ3n) is 3.93. The number of hydrogen-bond donors (Lipinski definition) is 3. The SMILES string of the molecule is CCCOc1cnc(C(=O)Nc2ccc(F)c(CNc3cccnc3N)c2)cn1. The Morgan fingerprint density at radius 1 is 1.21 bits per heavy atom. The summed E-state index contributed by atoms with van der Waals surface area (Å²) in [5, 5.41) is 5.71. The summed E-state index contributed by atoms with van der Waals surface area (Å²) in [6.45, 7) is 2.68. The Labute approximate surface area is 167 Å². The number of ether oxygens (including phenoxy) is 1. The number of rotatable bonds is 8. The molecule has 150 valence electrons. The van der Waals surface area contributed by atoms with Crippen molar-refractivity contribution in [1.82, 2.24) is 15.0 Å². The fraction of sp³-hybridized carbons (Fsp3) is 0.200. The number of nitrogen functional groups attached to an aromatic ring is 1. The maximum atomic E-state index is 14.1. The fourth-order valence-corrected chi connectivity index (χ4v) is 2.46. The fourth-order valence-electron chi connectivity index (χ4n) is 2.46. The first-order chi connectivity index (χ1) is 14.1. The number of nitrogens with one attached hydrogen (secondary N) is 2. The van der Waals surface area contributed by atoms with Crippen molar-refractivity contribution in [1.29, 1.82) is 0 Å². The van der Waals surface area contributed by atoms with Gasteiger partial charge in [-0.05, 0) is 36.8 Å². The molecule has 4 N–H and O–H groups in total. The van der Waals surface area contributed by atoms with Crippen molar-refractivity contribution in [3.8, 4) is 5.88 Å². The van der Waals surface area contributed by atoms with Crippen LogP contribution in [0.2, 0.25) is 0 Å². The molecule has 9 heteroatoms. The van der Waals surface area contributed by atoms with Gasteiger partial charge in [0.25, 0.3) is 5.91 Å². The van der Waals surface area contributed by atoms with E-state index in [2.05, 4.69) is 25.6 Å². The maximum Gasteiger partial charge on any atom is 0.275 e. The van der Waals surface area contributed by atoms with Gasteiger partial charge in [0.1, 0.15) is 17.3 Å². The van der Waals surface area contributed by atoms with Crippen LogP contribution >= 0.6 is 0 Å². The summed E-state index contributed by atoms with van der Waals surface area (Å²) < 4.78 is 19.5.